The van der Waals surface area contributed by atoms with Crippen LogP contribution in [-0.2, 0) is 0 Å². The number of hydrogen-bond donors (Lipinski definition) is 0. The molecule has 110 valence electrons. The molecule has 3 rings (SSSR count). The Balaban J connectivity index is 1.64. The first-order chi connectivity index (χ1) is 9.54. The van der Waals surface area contributed by atoms with E-state index in [1.807, 2.05) is 13.8 Å². The van der Waals surface area contributed by atoms with E-state index in [2.05, 4.69) is 10.1 Å². The van der Waals surface area contributed by atoms with E-state index in [4.69, 9.17) is 0 Å². The molecule has 1 aromatic rings. The number of rotatable bonds is 3. The zero-order valence-corrected chi connectivity index (χ0v) is 13.1. The molecule has 0 N–H and O–H groups in total. The molecule has 0 saturated heterocycles. The lowest BCUT2D eigenvalue weighted by atomic mass is 10.0. The number of nitrogens with zero attached hydrogens (tertiary/aromatic N) is 4. The van der Waals surface area contributed by atoms with E-state index in [0.717, 1.165) is 17.0 Å². The molecule has 1 aromatic heterocycles. The van der Waals surface area contributed by atoms with Crippen LogP contribution >= 0.6 is 11.8 Å². The van der Waals surface area contributed by atoms with Gasteiger partial charge in [0.25, 0.3) is 0 Å². The molecular weight excluding hydrogens is 272 g/mol. The molecule has 2 fully saturated rings. The first kappa shape index (κ1) is 13.9. The molecule has 2 bridgehead atoms. The second-order valence-electron chi connectivity index (χ2n) is 6.29. The van der Waals surface area contributed by atoms with Crippen molar-refractivity contribution in [2.24, 2.45) is 11.8 Å². The molecule has 0 radical (unpaired) electrons. The van der Waals surface area contributed by atoms with Crippen LogP contribution in [0, 0.1) is 11.8 Å². The van der Waals surface area contributed by atoms with Crippen molar-refractivity contribution in [2.75, 3.05) is 7.05 Å². The maximum atomic E-state index is 12.1. The topological polar surface area (TPSA) is 51.0 Å². The number of amides is 1. The highest BCUT2D eigenvalue weighted by Crippen LogP contribution is 2.50. The molecule has 0 spiro atoms. The van der Waals surface area contributed by atoms with E-state index in [-0.39, 0.29) is 12.1 Å². The van der Waals surface area contributed by atoms with Crippen LogP contribution in [0.1, 0.15) is 39.5 Å². The molecular formula is C14H22N4OS. The normalized spacial score (nSPS) is 28.3. The van der Waals surface area contributed by atoms with Crippen LogP contribution in [0.25, 0.3) is 0 Å². The molecule has 1 amide bonds. The first-order valence-corrected chi connectivity index (χ1v) is 8.28. The zero-order valence-electron chi connectivity index (χ0n) is 12.3. The predicted molar refractivity (Wildman–Crippen MR) is 78.8 cm³/mol. The highest BCUT2D eigenvalue weighted by Gasteiger charge is 2.40. The summed E-state index contributed by atoms with van der Waals surface area (Å²) in [5.74, 6) is 1.76. The van der Waals surface area contributed by atoms with Crippen LogP contribution in [-0.4, -0.2) is 44.0 Å². The molecule has 6 heteroatoms. The summed E-state index contributed by atoms with van der Waals surface area (Å²) in [6.45, 7) is 3.97. The average molecular weight is 294 g/mol. The van der Waals surface area contributed by atoms with Gasteiger partial charge in [-0.1, -0.05) is 18.2 Å². The minimum absolute atomic E-state index is 0.118. The summed E-state index contributed by atoms with van der Waals surface area (Å²) in [5.41, 5.74) is 0. The molecule has 2 aliphatic carbocycles. The van der Waals surface area contributed by atoms with Gasteiger partial charge in [-0.05, 0) is 44.9 Å². The van der Waals surface area contributed by atoms with Gasteiger partial charge < -0.3 is 4.90 Å². The Bertz CT molecular complexity index is 501. The number of carbonyl (C=O) groups is 1. The fourth-order valence-electron chi connectivity index (χ4n) is 3.24. The summed E-state index contributed by atoms with van der Waals surface area (Å²) in [6, 6.07) is 0.0423. The second kappa shape index (κ2) is 5.39. The SMILES string of the molecule is CC(C)N(C)C(=O)n1cnc(S[C@@H]2C[C@@H]3CC[C@@H]2C3)n1. The van der Waals surface area contributed by atoms with Crippen molar-refractivity contribution in [2.45, 2.75) is 56.0 Å². The molecule has 0 unspecified atom stereocenters. The smallest absolute Gasteiger partial charge is 0.323 e. The minimum Gasteiger partial charge on any atom is -0.323 e. The third-order valence-electron chi connectivity index (χ3n) is 4.67. The summed E-state index contributed by atoms with van der Waals surface area (Å²) >= 11 is 1.76. The standard InChI is InChI=1S/C14H22N4OS/c1-9(2)17(3)14(19)18-8-15-13(16-18)20-12-7-10-4-5-11(12)6-10/h8-12H,4-7H2,1-3H3/t10-,11-,12-/m1/s1. The Morgan fingerprint density at radius 2 is 2.25 bits per heavy atom. The zero-order chi connectivity index (χ0) is 14.3. The van der Waals surface area contributed by atoms with Crippen molar-refractivity contribution in [3.63, 3.8) is 0 Å². The lowest BCUT2D eigenvalue weighted by Crippen LogP contribution is -2.36. The van der Waals surface area contributed by atoms with Gasteiger partial charge in [0, 0.05) is 18.3 Å². The summed E-state index contributed by atoms with van der Waals surface area (Å²) in [4.78, 5) is 18.1. The van der Waals surface area contributed by atoms with E-state index in [0.29, 0.717) is 5.25 Å². The summed E-state index contributed by atoms with van der Waals surface area (Å²) in [5, 5.41) is 5.74. The highest BCUT2D eigenvalue weighted by molar-refractivity contribution is 7.99. The van der Waals surface area contributed by atoms with Gasteiger partial charge in [0.05, 0.1) is 0 Å². The highest BCUT2D eigenvalue weighted by atomic mass is 32.2. The maximum absolute atomic E-state index is 12.1. The van der Waals surface area contributed by atoms with Crippen molar-refractivity contribution in [3.8, 4) is 0 Å². The molecule has 5 nitrogen and oxygen atoms in total. The Morgan fingerprint density at radius 1 is 1.45 bits per heavy atom. The third-order valence-corrected chi connectivity index (χ3v) is 5.95. The summed E-state index contributed by atoms with van der Waals surface area (Å²) < 4.78 is 1.36. The maximum Gasteiger partial charge on any atom is 0.346 e. The van der Waals surface area contributed by atoms with Crippen molar-refractivity contribution in [1.29, 1.82) is 0 Å². The monoisotopic (exact) mass is 294 g/mol. The Morgan fingerprint density at radius 3 is 2.85 bits per heavy atom. The van der Waals surface area contributed by atoms with Gasteiger partial charge in [0.1, 0.15) is 6.33 Å². The number of fused-ring (bicyclic) bond motifs is 2. The van der Waals surface area contributed by atoms with Crippen LogP contribution in [0.4, 0.5) is 4.79 Å². The molecule has 2 aliphatic rings. The second-order valence-corrected chi connectivity index (χ2v) is 7.50. The third kappa shape index (κ3) is 2.57. The van der Waals surface area contributed by atoms with E-state index < -0.39 is 0 Å². The van der Waals surface area contributed by atoms with Gasteiger partial charge in [-0.2, -0.15) is 4.68 Å². The van der Waals surface area contributed by atoms with Gasteiger partial charge >= 0.3 is 6.03 Å². The lowest BCUT2D eigenvalue weighted by Gasteiger charge is -2.20. The molecule has 2 saturated carbocycles. The molecule has 3 atom stereocenters. The fourth-order valence-corrected chi connectivity index (χ4v) is 4.56. The molecule has 0 aromatic carbocycles. The number of carbonyl (C=O) groups excluding carboxylic acids is 1. The number of thioether (sulfide) groups is 1. The van der Waals surface area contributed by atoms with Crippen molar-refractivity contribution >= 4 is 17.8 Å². The van der Waals surface area contributed by atoms with Gasteiger partial charge in [-0.25, -0.2) is 9.78 Å². The van der Waals surface area contributed by atoms with Crippen LogP contribution in [0.2, 0.25) is 0 Å². The quantitative estimate of drug-likeness (QED) is 0.860. The van der Waals surface area contributed by atoms with Crippen LogP contribution in [0.15, 0.2) is 11.5 Å². The van der Waals surface area contributed by atoms with Crippen LogP contribution in [0.3, 0.4) is 0 Å². The van der Waals surface area contributed by atoms with E-state index in [1.165, 1.54) is 36.7 Å². The Hall–Kier alpha value is -1.04. The van der Waals surface area contributed by atoms with E-state index in [9.17, 15) is 4.79 Å². The predicted octanol–water partition coefficient (Wildman–Crippen LogP) is 2.87. The molecule has 0 aliphatic heterocycles. The largest absolute Gasteiger partial charge is 0.346 e. The van der Waals surface area contributed by atoms with Crippen LogP contribution in [0.5, 0.6) is 0 Å². The van der Waals surface area contributed by atoms with Gasteiger partial charge in [0.2, 0.25) is 5.16 Å². The van der Waals surface area contributed by atoms with Crippen molar-refractivity contribution in [3.05, 3.63) is 6.33 Å². The van der Waals surface area contributed by atoms with E-state index in [1.54, 1.807) is 23.7 Å². The van der Waals surface area contributed by atoms with Gasteiger partial charge in [-0.3, -0.25) is 0 Å². The van der Waals surface area contributed by atoms with Gasteiger partial charge in [0.15, 0.2) is 0 Å². The van der Waals surface area contributed by atoms with Crippen molar-refractivity contribution < 1.29 is 4.79 Å². The van der Waals surface area contributed by atoms with Gasteiger partial charge in [-0.15, -0.1) is 5.10 Å². The molecule has 20 heavy (non-hydrogen) atoms. The average Bonchev–Trinajstić information content (AvgIpc) is 3.12. The van der Waals surface area contributed by atoms with Crippen molar-refractivity contribution in [1.82, 2.24) is 19.7 Å². The lowest BCUT2D eigenvalue weighted by molar-refractivity contribution is 0.195. The Labute approximate surface area is 124 Å². The molecule has 1 heterocycles. The Kier molecular flexibility index (Phi) is 3.75. The van der Waals surface area contributed by atoms with Crippen LogP contribution < -0.4 is 0 Å². The summed E-state index contributed by atoms with van der Waals surface area (Å²) in [6.07, 6.45) is 6.98. The number of hydrogen-bond acceptors (Lipinski definition) is 4. The van der Waals surface area contributed by atoms with E-state index >= 15 is 0 Å². The number of aromatic nitrogens is 3. The summed E-state index contributed by atoms with van der Waals surface area (Å²) in [7, 11) is 1.79. The minimum atomic E-state index is -0.118. The fraction of sp³-hybridized carbons (Fsp3) is 0.786. The first-order valence-electron chi connectivity index (χ1n) is 7.40.